The van der Waals surface area contributed by atoms with Crippen LogP contribution in [0.4, 0.5) is 21.5 Å². The quantitative estimate of drug-likeness (QED) is 0.875. The summed E-state index contributed by atoms with van der Waals surface area (Å²) in [6, 6.07) is 12.9. The van der Waals surface area contributed by atoms with Crippen molar-refractivity contribution in [2.24, 2.45) is 0 Å². The normalized spacial score (nSPS) is 16.1. The average molecular weight is 270 g/mol. The monoisotopic (exact) mass is 270 g/mol. The second kappa shape index (κ2) is 4.51. The van der Waals surface area contributed by atoms with Gasteiger partial charge in [0, 0.05) is 36.1 Å². The molecule has 2 aromatic rings. The number of nitrogens with one attached hydrogen (secondary N) is 1. The maximum absolute atomic E-state index is 13.2. The standard InChI is InChI=1S/C17H19FN2/c1-17(2)11-20(3)16-8-7-14(10-15(16)17)19-13-6-4-5-12(18)9-13/h4-10,19H,11H2,1-3H3. The van der Waals surface area contributed by atoms with Crippen molar-refractivity contribution in [1.82, 2.24) is 0 Å². The maximum atomic E-state index is 13.2. The molecule has 0 spiro atoms. The van der Waals surface area contributed by atoms with Crippen LogP contribution < -0.4 is 10.2 Å². The summed E-state index contributed by atoms with van der Waals surface area (Å²) >= 11 is 0. The molecule has 20 heavy (non-hydrogen) atoms. The molecule has 0 aromatic heterocycles. The molecule has 1 N–H and O–H groups in total. The predicted molar refractivity (Wildman–Crippen MR) is 82.4 cm³/mol. The van der Waals surface area contributed by atoms with Gasteiger partial charge in [0.15, 0.2) is 0 Å². The molecule has 0 saturated carbocycles. The number of anilines is 3. The highest BCUT2D eigenvalue weighted by molar-refractivity contribution is 5.70. The zero-order valence-corrected chi connectivity index (χ0v) is 12.1. The first-order valence-corrected chi connectivity index (χ1v) is 6.84. The van der Waals surface area contributed by atoms with Gasteiger partial charge in [-0.25, -0.2) is 4.39 Å². The molecule has 0 saturated heterocycles. The molecule has 0 atom stereocenters. The first kappa shape index (κ1) is 13.0. The number of halogens is 1. The van der Waals surface area contributed by atoms with Crippen molar-refractivity contribution in [2.45, 2.75) is 19.3 Å². The fraction of sp³-hybridized carbons (Fsp3) is 0.294. The minimum absolute atomic E-state index is 0.143. The van der Waals surface area contributed by atoms with Gasteiger partial charge in [0.05, 0.1) is 0 Å². The summed E-state index contributed by atoms with van der Waals surface area (Å²) in [6.07, 6.45) is 0. The lowest BCUT2D eigenvalue weighted by molar-refractivity contribution is 0.563. The summed E-state index contributed by atoms with van der Waals surface area (Å²) in [5.74, 6) is -0.226. The van der Waals surface area contributed by atoms with Gasteiger partial charge in [0.1, 0.15) is 5.82 Å². The van der Waals surface area contributed by atoms with E-state index in [1.165, 1.54) is 23.4 Å². The van der Waals surface area contributed by atoms with E-state index in [0.717, 1.165) is 17.9 Å². The molecule has 1 aliphatic heterocycles. The Labute approximate surface area is 119 Å². The third-order valence-corrected chi connectivity index (χ3v) is 3.88. The Morgan fingerprint density at radius 2 is 1.85 bits per heavy atom. The first-order valence-electron chi connectivity index (χ1n) is 6.84. The molecular formula is C17H19FN2. The summed E-state index contributed by atoms with van der Waals surface area (Å²) in [4.78, 5) is 2.28. The molecule has 3 rings (SSSR count). The number of fused-ring (bicyclic) bond motifs is 1. The van der Waals surface area contributed by atoms with E-state index in [1.807, 2.05) is 12.1 Å². The van der Waals surface area contributed by atoms with Gasteiger partial charge in [-0.3, -0.25) is 0 Å². The Hall–Kier alpha value is -2.03. The highest BCUT2D eigenvalue weighted by Gasteiger charge is 2.33. The summed E-state index contributed by atoms with van der Waals surface area (Å²) < 4.78 is 13.2. The number of likely N-dealkylation sites (N-methyl/N-ethyl adjacent to an activating group) is 1. The van der Waals surface area contributed by atoms with E-state index in [-0.39, 0.29) is 11.2 Å². The van der Waals surface area contributed by atoms with Crippen molar-refractivity contribution >= 4 is 17.1 Å². The van der Waals surface area contributed by atoms with E-state index in [1.54, 1.807) is 6.07 Å². The van der Waals surface area contributed by atoms with Crippen LogP contribution in [0.5, 0.6) is 0 Å². The Morgan fingerprint density at radius 3 is 2.60 bits per heavy atom. The Balaban J connectivity index is 1.94. The van der Waals surface area contributed by atoms with Crippen LogP contribution in [0.15, 0.2) is 42.5 Å². The van der Waals surface area contributed by atoms with Crippen molar-refractivity contribution in [3.05, 3.63) is 53.8 Å². The molecule has 2 aromatic carbocycles. The molecule has 0 bridgehead atoms. The molecule has 3 heteroatoms. The minimum Gasteiger partial charge on any atom is -0.373 e. The predicted octanol–water partition coefficient (Wildman–Crippen LogP) is 4.30. The van der Waals surface area contributed by atoms with E-state index in [2.05, 4.69) is 43.2 Å². The Kier molecular flexibility index (Phi) is 2.93. The van der Waals surface area contributed by atoms with Crippen LogP contribution in [0.1, 0.15) is 19.4 Å². The van der Waals surface area contributed by atoms with Gasteiger partial charge in [-0.05, 0) is 42.0 Å². The zero-order chi connectivity index (χ0) is 14.3. The number of hydrogen-bond donors (Lipinski definition) is 1. The van der Waals surface area contributed by atoms with Crippen LogP contribution in [0, 0.1) is 5.82 Å². The largest absolute Gasteiger partial charge is 0.373 e. The fourth-order valence-corrected chi connectivity index (χ4v) is 2.98. The van der Waals surface area contributed by atoms with Crippen LogP contribution in [0.3, 0.4) is 0 Å². The molecule has 104 valence electrons. The molecule has 2 nitrogen and oxygen atoms in total. The third kappa shape index (κ3) is 2.24. The first-order chi connectivity index (χ1) is 9.45. The number of benzene rings is 2. The van der Waals surface area contributed by atoms with Gasteiger partial charge in [-0.2, -0.15) is 0 Å². The molecule has 0 aliphatic carbocycles. The summed E-state index contributed by atoms with van der Waals surface area (Å²) in [6.45, 7) is 5.52. The smallest absolute Gasteiger partial charge is 0.125 e. The molecule has 0 fully saturated rings. The summed E-state index contributed by atoms with van der Waals surface area (Å²) in [7, 11) is 2.12. The molecular weight excluding hydrogens is 251 g/mol. The fourth-order valence-electron chi connectivity index (χ4n) is 2.98. The van der Waals surface area contributed by atoms with Gasteiger partial charge < -0.3 is 10.2 Å². The van der Waals surface area contributed by atoms with Crippen LogP contribution in [0.2, 0.25) is 0 Å². The van der Waals surface area contributed by atoms with Crippen molar-refractivity contribution < 1.29 is 4.39 Å². The van der Waals surface area contributed by atoms with Crippen LogP contribution in [-0.4, -0.2) is 13.6 Å². The van der Waals surface area contributed by atoms with Crippen molar-refractivity contribution in [3.63, 3.8) is 0 Å². The van der Waals surface area contributed by atoms with Crippen LogP contribution >= 0.6 is 0 Å². The third-order valence-electron chi connectivity index (χ3n) is 3.88. The van der Waals surface area contributed by atoms with Gasteiger partial charge in [0.2, 0.25) is 0 Å². The van der Waals surface area contributed by atoms with E-state index in [4.69, 9.17) is 0 Å². The van der Waals surface area contributed by atoms with E-state index in [0.29, 0.717) is 0 Å². The highest BCUT2D eigenvalue weighted by Crippen LogP contribution is 2.41. The highest BCUT2D eigenvalue weighted by atomic mass is 19.1. The topological polar surface area (TPSA) is 15.3 Å². The number of rotatable bonds is 2. The van der Waals surface area contributed by atoms with Crippen molar-refractivity contribution in [2.75, 3.05) is 23.8 Å². The number of hydrogen-bond acceptors (Lipinski definition) is 2. The van der Waals surface area contributed by atoms with Crippen LogP contribution in [-0.2, 0) is 5.41 Å². The maximum Gasteiger partial charge on any atom is 0.125 e. The molecule has 0 amide bonds. The van der Waals surface area contributed by atoms with Crippen molar-refractivity contribution in [1.29, 1.82) is 0 Å². The van der Waals surface area contributed by atoms with Gasteiger partial charge in [-0.1, -0.05) is 19.9 Å². The molecule has 1 heterocycles. The van der Waals surface area contributed by atoms with E-state index < -0.39 is 0 Å². The second-order valence-corrected chi connectivity index (χ2v) is 6.11. The summed E-state index contributed by atoms with van der Waals surface area (Å²) in [5.41, 5.74) is 4.53. The lowest BCUT2D eigenvalue weighted by Crippen LogP contribution is -2.24. The number of nitrogens with zero attached hydrogens (tertiary/aromatic N) is 1. The average Bonchev–Trinajstić information content (AvgIpc) is 2.60. The Morgan fingerprint density at radius 1 is 1.10 bits per heavy atom. The second-order valence-electron chi connectivity index (χ2n) is 6.11. The van der Waals surface area contributed by atoms with E-state index in [9.17, 15) is 4.39 Å². The van der Waals surface area contributed by atoms with Gasteiger partial charge in [-0.15, -0.1) is 0 Å². The molecule has 1 aliphatic rings. The van der Waals surface area contributed by atoms with Gasteiger partial charge >= 0.3 is 0 Å². The molecule has 0 radical (unpaired) electrons. The van der Waals surface area contributed by atoms with Gasteiger partial charge in [0.25, 0.3) is 0 Å². The Bertz CT molecular complexity index is 649. The zero-order valence-electron chi connectivity index (χ0n) is 12.1. The lowest BCUT2D eigenvalue weighted by Gasteiger charge is -2.19. The van der Waals surface area contributed by atoms with Crippen LogP contribution in [0.25, 0.3) is 0 Å². The SMILES string of the molecule is CN1CC(C)(C)c2cc(Nc3cccc(F)c3)ccc21. The van der Waals surface area contributed by atoms with Crippen molar-refractivity contribution in [3.8, 4) is 0 Å². The van der Waals surface area contributed by atoms with E-state index >= 15 is 0 Å². The lowest BCUT2D eigenvalue weighted by atomic mass is 9.87. The minimum atomic E-state index is -0.226. The molecule has 0 unspecified atom stereocenters. The summed E-state index contributed by atoms with van der Waals surface area (Å²) in [5, 5.41) is 3.27.